The lowest BCUT2D eigenvalue weighted by atomic mass is 10.1. The quantitative estimate of drug-likeness (QED) is 0.539. The molecule has 0 radical (unpaired) electrons. The minimum Gasteiger partial charge on any atom is -0.352 e. The van der Waals surface area contributed by atoms with Gasteiger partial charge >= 0.3 is 4.87 Å². The highest BCUT2D eigenvalue weighted by molar-refractivity contribution is 7.13. The number of carbonyl (C=O) groups is 1. The average molecular weight is 509 g/mol. The van der Waals surface area contributed by atoms with Gasteiger partial charge in [-0.1, -0.05) is 17.4 Å². The number of hydrogen-bond donors (Lipinski definition) is 2. The van der Waals surface area contributed by atoms with Crippen molar-refractivity contribution in [2.24, 2.45) is 7.05 Å². The molecule has 2 aliphatic rings. The first kappa shape index (κ1) is 24.4. The maximum atomic E-state index is 12.1. The van der Waals surface area contributed by atoms with Gasteiger partial charge in [-0.15, -0.1) is 0 Å². The summed E-state index contributed by atoms with van der Waals surface area (Å²) in [5.74, 6) is 0.605. The second-order valence-electron chi connectivity index (χ2n) is 9.21. The maximum absolute atomic E-state index is 12.1. The fraction of sp³-hybridized carbons (Fsp3) is 0.440. The van der Waals surface area contributed by atoms with E-state index in [0.717, 1.165) is 60.4 Å². The van der Waals surface area contributed by atoms with E-state index in [4.69, 9.17) is 0 Å². The molecule has 2 N–H and O–H groups in total. The van der Waals surface area contributed by atoms with Gasteiger partial charge in [-0.2, -0.15) is 0 Å². The molecule has 2 aromatic heterocycles. The van der Waals surface area contributed by atoms with Crippen molar-refractivity contribution in [2.75, 3.05) is 56.0 Å². The first-order valence-corrected chi connectivity index (χ1v) is 13.1. The lowest BCUT2D eigenvalue weighted by Crippen LogP contribution is -2.64. The molecule has 1 unspecified atom stereocenters. The molecule has 1 aromatic carbocycles. The summed E-state index contributed by atoms with van der Waals surface area (Å²) in [6.07, 6.45) is 1.84. The van der Waals surface area contributed by atoms with Gasteiger partial charge in [-0.25, -0.2) is 9.97 Å². The molecule has 11 heteroatoms. The summed E-state index contributed by atoms with van der Waals surface area (Å²) in [6.45, 7) is 9.57. The topological polar surface area (TPSA) is 98.6 Å². The highest BCUT2D eigenvalue weighted by Crippen LogP contribution is 2.28. The van der Waals surface area contributed by atoms with Crippen LogP contribution in [0.5, 0.6) is 0 Å². The van der Waals surface area contributed by atoms with Crippen molar-refractivity contribution in [1.29, 1.82) is 0 Å². The third-order valence-electron chi connectivity index (χ3n) is 6.99. The molecule has 0 aliphatic carbocycles. The van der Waals surface area contributed by atoms with E-state index in [-0.39, 0.29) is 16.9 Å². The van der Waals surface area contributed by atoms with Gasteiger partial charge in [-0.05, 0) is 31.2 Å². The third kappa shape index (κ3) is 4.99. The Morgan fingerprint density at radius 1 is 1.17 bits per heavy atom. The predicted octanol–water partition coefficient (Wildman–Crippen LogP) is 1.86. The molecular formula is C25H32N8O2S. The van der Waals surface area contributed by atoms with Crippen LogP contribution in [0, 0.1) is 6.92 Å². The standard InChI is InChI=1S/C25H32N8O2S/c1-17-23(36-25(35)30(17)3)21-7-8-27-24(29-21)28-19-5-4-6-20(15-19)33-14-13-32(18(2)34)16-22(33)31-11-9-26-10-12-31/h4-8,15,22,26H,9-14,16H2,1-3H3,(H,27,28,29). The number of rotatable bonds is 5. The van der Waals surface area contributed by atoms with Crippen LogP contribution >= 0.6 is 11.3 Å². The summed E-state index contributed by atoms with van der Waals surface area (Å²) >= 11 is 1.19. The Bertz CT molecular complexity index is 1300. The fourth-order valence-corrected chi connectivity index (χ4v) is 5.79. The molecular weight excluding hydrogens is 476 g/mol. The molecule has 1 amide bonds. The van der Waals surface area contributed by atoms with Gasteiger partial charge in [0.2, 0.25) is 11.9 Å². The van der Waals surface area contributed by atoms with Gasteiger partial charge in [0.15, 0.2) is 0 Å². The molecule has 2 fully saturated rings. The van der Waals surface area contributed by atoms with Gasteiger partial charge in [0, 0.05) is 76.5 Å². The monoisotopic (exact) mass is 508 g/mol. The Hall–Kier alpha value is -3.28. The second kappa shape index (κ2) is 10.4. The zero-order valence-corrected chi connectivity index (χ0v) is 21.7. The van der Waals surface area contributed by atoms with Crippen molar-refractivity contribution in [3.63, 3.8) is 0 Å². The van der Waals surface area contributed by atoms with Crippen molar-refractivity contribution in [2.45, 2.75) is 20.0 Å². The molecule has 0 saturated carbocycles. The summed E-state index contributed by atoms with van der Waals surface area (Å²) in [4.78, 5) is 41.0. The van der Waals surface area contributed by atoms with Gasteiger partial charge < -0.3 is 25.0 Å². The zero-order valence-electron chi connectivity index (χ0n) is 20.9. The van der Waals surface area contributed by atoms with E-state index in [9.17, 15) is 9.59 Å². The van der Waals surface area contributed by atoms with Crippen LogP contribution in [-0.2, 0) is 11.8 Å². The largest absolute Gasteiger partial charge is 0.352 e. The molecule has 5 rings (SSSR count). The van der Waals surface area contributed by atoms with Crippen molar-refractivity contribution in [3.05, 3.63) is 51.9 Å². The minimum absolute atomic E-state index is 0.00719. The Labute approximate surface area is 214 Å². The summed E-state index contributed by atoms with van der Waals surface area (Å²) < 4.78 is 1.64. The minimum atomic E-state index is -0.00719. The molecule has 190 valence electrons. The Balaban J connectivity index is 1.38. The summed E-state index contributed by atoms with van der Waals surface area (Å²) in [5.41, 5.74) is 3.60. The number of carbonyl (C=O) groups excluding carboxylic acids is 1. The smallest absolute Gasteiger partial charge is 0.307 e. The van der Waals surface area contributed by atoms with Gasteiger partial charge in [0.25, 0.3) is 0 Å². The number of nitrogens with one attached hydrogen (secondary N) is 2. The number of amides is 1. The number of hydrogen-bond acceptors (Lipinski definition) is 9. The number of benzene rings is 1. The molecule has 36 heavy (non-hydrogen) atoms. The van der Waals surface area contributed by atoms with Crippen LogP contribution in [-0.4, -0.2) is 82.2 Å². The molecule has 1 atom stereocenters. The lowest BCUT2D eigenvalue weighted by molar-refractivity contribution is -0.130. The van der Waals surface area contributed by atoms with Crippen LogP contribution in [0.1, 0.15) is 12.6 Å². The van der Waals surface area contributed by atoms with Crippen molar-refractivity contribution in [3.8, 4) is 10.6 Å². The SMILES string of the molecule is CC(=O)N1CCN(c2cccc(Nc3nccc(-c4sc(=O)n(C)c4C)n3)c2)C(N2CCNCC2)C1. The summed E-state index contributed by atoms with van der Waals surface area (Å²) in [7, 11) is 1.77. The van der Waals surface area contributed by atoms with E-state index in [0.29, 0.717) is 19.0 Å². The van der Waals surface area contributed by atoms with Crippen LogP contribution in [0.3, 0.4) is 0 Å². The number of piperazine rings is 2. The van der Waals surface area contributed by atoms with Crippen molar-refractivity contribution < 1.29 is 4.79 Å². The summed E-state index contributed by atoms with van der Waals surface area (Å²) in [6, 6.07) is 10.1. The molecule has 3 aromatic rings. The van der Waals surface area contributed by atoms with Gasteiger partial charge in [0.05, 0.1) is 17.1 Å². The number of thiazole rings is 1. The normalized spacial score (nSPS) is 18.9. The average Bonchev–Trinajstić information content (AvgIpc) is 3.16. The second-order valence-corrected chi connectivity index (χ2v) is 10.2. The van der Waals surface area contributed by atoms with Gasteiger partial charge in [-0.3, -0.25) is 14.5 Å². The molecule has 2 saturated heterocycles. The van der Waals surface area contributed by atoms with Crippen LogP contribution < -0.4 is 20.4 Å². The number of nitrogens with zero attached hydrogens (tertiary/aromatic N) is 6. The lowest BCUT2D eigenvalue weighted by Gasteiger charge is -2.48. The highest BCUT2D eigenvalue weighted by atomic mass is 32.1. The number of aromatic nitrogens is 3. The fourth-order valence-electron chi connectivity index (χ4n) is 4.84. The van der Waals surface area contributed by atoms with Crippen LogP contribution in [0.25, 0.3) is 10.6 Å². The highest BCUT2D eigenvalue weighted by Gasteiger charge is 2.33. The third-order valence-corrected chi connectivity index (χ3v) is 8.15. The molecule has 0 bridgehead atoms. The van der Waals surface area contributed by atoms with E-state index < -0.39 is 0 Å². The van der Waals surface area contributed by atoms with Crippen molar-refractivity contribution >= 4 is 34.6 Å². The van der Waals surface area contributed by atoms with E-state index in [1.807, 2.05) is 30.0 Å². The summed E-state index contributed by atoms with van der Waals surface area (Å²) in [5, 5.41) is 6.76. The van der Waals surface area contributed by atoms with E-state index >= 15 is 0 Å². The Kier molecular flexibility index (Phi) is 7.04. The van der Waals surface area contributed by atoms with Crippen LogP contribution in [0.15, 0.2) is 41.3 Å². The maximum Gasteiger partial charge on any atom is 0.307 e. The van der Waals surface area contributed by atoms with Gasteiger partial charge in [0.1, 0.15) is 6.17 Å². The van der Waals surface area contributed by atoms with Crippen LogP contribution in [0.2, 0.25) is 0 Å². The molecule has 0 spiro atoms. The number of anilines is 3. The first-order valence-electron chi connectivity index (χ1n) is 12.2. The molecule has 10 nitrogen and oxygen atoms in total. The Morgan fingerprint density at radius 2 is 1.97 bits per heavy atom. The first-order chi connectivity index (χ1) is 17.4. The molecule has 4 heterocycles. The molecule has 2 aliphatic heterocycles. The van der Waals surface area contributed by atoms with Crippen molar-refractivity contribution in [1.82, 2.24) is 29.7 Å². The van der Waals surface area contributed by atoms with Crippen LogP contribution in [0.4, 0.5) is 17.3 Å². The Morgan fingerprint density at radius 3 is 2.69 bits per heavy atom. The zero-order chi connectivity index (χ0) is 25.2. The predicted molar refractivity (Wildman–Crippen MR) is 143 cm³/mol. The van der Waals surface area contributed by atoms with E-state index in [1.54, 1.807) is 24.7 Å². The van der Waals surface area contributed by atoms with E-state index in [1.165, 1.54) is 11.3 Å². The van der Waals surface area contributed by atoms with E-state index in [2.05, 4.69) is 42.5 Å².